The number of carbonyl (C=O) groups is 1. The monoisotopic (exact) mass is 367 g/mol. The Bertz CT molecular complexity index is 469. The number of ether oxygens (including phenoxy) is 1. The van der Waals surface area contributed by atoms with Gasteiger partial charge in [0, 0.05) is 26.2 Å². The van der Waals surface area contributed by atoms with E-state index in [1.165, 1.54) is 25.9 Å². The highest BCUT2D eigenvalue weighted by Crippen LogP contribution is 2.12. The number of hydrogen-bond donors (Lipinski definition) is 2. The first kappa shape index (κ1) is 20.8. The molecule has 0 saturated carbocycles. The summed E-state index contributed by atoms with van der Waals surface area (Å²) in [7, 11) is 0. The van der Waals surface area contributed by atoms with Gasteiger partial charge in [0.05, 0.1) is 6.04 Å². The number of aliphatic imine (C=N–C) groups is 1. The van der Waals surface area contributed by atoms with Crippen molar-refractivity contribution in [1.82, 2.24) is 20.4 Å². The van der Waals surface area contributed by atoms with Crippen molar-refractivity contribution in [2.45, 2.75) is 65.0 Å². The van der Waals surface area contributed by atoms with Crippen molar-refractivity contribution in [2.75, 3.05) is 45.8 Å². The lowest BCUT2D eigenvalue weighted by molar-refractivity contribution is 0.0507. The summed E-state index contributed by atoms with van der Waals surface area (Å²) in [5, 5.41) is 6.36. The smallest absolute Gasteiger partial charge is 0.407 e. The molecule has 26 heavy (non-hydrogen) atoms. The van der Waals surface area contributed by atoms with Crippen LogP contribution in [0.1, 0.15) is 53.4 Å². The van der Waals surface area contributed by atoms with Crippen LogP contribution < -0.4 is 10.6 Å². The summed E-state index contributed by atoms with van der Waals surface area (Å²) in [4.78, 5) is 21.5. The molecule has 7 heteroatoms. The molecule has 2 N–H and O–H groups in total. The van der Waals surface area contributed by atoms with Gasteiger partial charge in [-0.1, -0.05) is 0 Å². The lowest BCUT2D eigenvalue weighted by Gasteiger charge is -2.23. The number of amides is 1. The summed E-state index contributed by atoms with van der Waals surface area (Å²) in [6.07, 6.45) is 4.36. The molecule has 150 valence electrons. The predicted molar refractivity (Wildman–Crippen MR) is 106 cm³/mol. The molecule has 1 unspecified atom stereocenters. The third-order valence-electron chi connectivity index (χ3n) is 4.64. The summed E-state index contributed by atoms with van der Waals surface area (Å²) in [6, 6.07) is 0.110. The van der Waals surface area contributed by atoms with Crippen molar-refractivity contribution in [3.63, 3.8) is 0 Å². The maximum Gasteiger partial charge on any atom is 0.407 e. The molecule has 0 aromatic rings. The molecule has 0 aromatic carbocycles. The number of likely N-dealkylation sites (tertiary alicyclic amines) is 2. The van der Waals surface area contributed by atoms with Crippen molar-refractivity contribution in [2.24, 2.45) is 4.99 Å². The van der Waals surface area contributed by atoms with Crippen LogP contribution in [0.25, 0.3) is 0 Å². The second kappa shape index (κ2) is 10.00. The molecule has 0 spiro atoms. The fourth-order valence-electron chi connectivity index (χ4n) is 3.46. The van der Waals surface area contributed by atoms with Crippen LogP contribution in [0.2, 0.25) is 0 Å². The number of nitrogens with one attached hydrogen (secondary N) is 2. The summed E-state index contributed by atoms with van der Waals surface area (Å²) in [5.41, 5.74) is -0.464. The fourth-order valence-corrected chi connectivity index (χ4v) is 3.46. The van der Waals surface area contributed by atoms with Gasteiger partial charge < -0.3 is 25.2 Å². The van der Waals surface area contributed by atoms with E-state index in [1.54, 1.807) is 0 Å². The molecule has 0 aliphatic carbocycles. The topological polar surface area (TPSA) is 69.2 Å². The van der Waals surface area contributed by atoms with Gasteiger partial charge in [0.25, 0.3) is 0 Å². The number of guanidine groups is 1. The van der Waals surface area contributed by atoms with E-state index in [0.717, 1.165) is 51.5 Å². The average Bonchev–Trinajstić information content (AvgIpc) is 3.20. The second-order valence-corrected chi connectivity index (χ2v) is 8.22. The van der Waals surface area contributed by atoms with Crippen molar-refractivity contribution in [3.8, 4) is 0 Å². The molecule has 0 aromatic heterocycles. The molecule has 2 saturated heterocycles. The molecular weight excluding hydrogens is 330 g/mol. The zero-order valence-electron chi connectivity index (χ0n) is 17.0. The first-order chi connectivity index (χ1) is 12.4. The lowest BCUT2D eigenvalue weighted by atomic mass is 10.2. The molecule has 0 bridgehead atoms. The Balaban J connectivity index is 1.76. The molecule has 7 nitrogen and oxygen atoms in total. The quantitative estimate of drug-likeness (QED) is 0.427. The maximum atomic E-state index is 12.0. The minimum Gasteiger partial charge on any atom is -0.444 e. The van der Waals surface area contributed by atoms with E-state index in [1.807, 2.05) is 20.8 Å². The van der Waals surface area contributed by atoms with Crippen molar-refractivity contribution >= 4 is 12.1 Å². The number of hydrogen-bond acceptors (Lipinski definition) is 4. The third-order valence-corrected chi connectivity index (χ3v) is 4.64. The van der Waals surface area contributed by atoms with Crippen LogP contribution >= 0.6 is 0 Å². The molecule has 1 amide bonds. The normalized spacial score (nSPS) is 21.9. The molecule has 2 heterocycles. The number of alkyl carbamates (subject to hydrolysis) is 1. The Morgan fingerprint density at radius 2 is 1.96 bits per heavy atom. The Kier molecular flexibility index (Phi) is 8.00. The Hall–Kier alpha value is -1.50. The Morgan fingerprint density at radius 1 is 1.23 bits per heavy atom. The van der Waals surface area contributed by atoms with Gasteiger partial charge in [-0.15, -0.1) is 0 Å². The van der Waals surface area contributed by atoms with Gasteiger partial charge in [0.2, 0.25) is 0 Å². The molecule has 2 aliphatic rings. The van der Waals surface area contributed by atoms with Crippen LogP contribution in [0.5, 0.6) is 0 Å². The van der Waals surface area contributed by atoms with E-state index in [0.29, 0.717) is 0 Å². The highest BCUT2D eigenvalue weighted by molar-refractivity contribution is 5.80. The van der Waals surface area contributed by atoms with Crippen molar-refractivity contribution < 1.29 is 9.53 Å². The van der Waals surface area contributed by atoms with E-state index in [4.69, 9.17) is 9.73 Å². The van der Waals surface area contributed by atoms with Gasteiger partial charge in [-0.2, -0.15) is 0 Å². The molecule has 2 rings (SSSR count). The highest BCUT2D eigenvalue weighted by Gasteiger charge is 2.27. The van der Waals surface area contributed by atoms with Crippen molar-refractivity contribution in [1.29, 1.82) is 0 Å². The van der Waals surface area contributed by atoms with Crippen molar-refractivity contribution in [3.05, 3.63) is 0 Å². The number of nitrogens with zero attached hydrogens (tertiary/aromatic N) is 3. The maximum absolute atomic E-state index is 12.0. The van der Waals surface area contributed by atoms with Gasteiger partial charge in [-0.05, 0) is 73.0 Å². The summed E-state index contributed by atoms with van der Waals surface area (Å²) < 4.78 is 5.35. The molecule has 2 aliphatic heterocycles. The highest BCUT2D eigenvalue weighted by atomic mass is 16.6. The van der Waals surface area contributed by atoms with Gasteiger partial charge in [0.15, 0.2) is 5.96 Å². The standard InChI is InChI=1S/C19H37N5O2/c1-5-20-17(21-10-8-13-23-11-6-7-12-23)24-14-9-16(15-24)22-18(25)26-19(2,3)4/h16H,5-15H2,1-4H3,(H,20,21)(H,22,25). The van der Waals surface area contributed by atoms with Crippen LogP contribution in [0.3, 0.4) is 0 Å². The van der Waals surface area contributed by atoms with Gasteiger partial charge >= 0.3 is 6.09 Å². The SMILES string of the molecule is CCNC(=NCCCN1CCCC1)N1CCC(NC(=O)OC(C)(C)C)C1. The van der Waals surface area contributed by atoms with E-state index in [-0.39, 0.29) is 12.1 Å². The fraction of sp³-hybridized carbons (Fsp3) is 0.895. The zero-order chi connectivity index (χ0) is 19.0. The predicted octanol–water partition coefficient (Wildman–Crippen LogP) is 2.04. The second-order valence-electron chi connectivity index (χ2n) is 8.22. The average molecular weight is 368 g/mol. The van der Waals surface area contributed by atoms with Gasteiger partial charge in [0.1, 0.15) is 5.60 Å². The summed E-state index contributed by atoms with van der Waals surface area (Å²) in [5.74, 6) is 0.961. The number of rotatable bonds is 6. The first-order valence-electron chi connectivity index (χ1n) is 10.1. The third kappa shape index (κ3) is 7.40. The van der Waals surface area contributed by atoms with Crippen LogP contribution in [0.4, 0.5) is 4.79 Å². The minimum absolute atomic E-state index is 0.110. The van der Waals surface area contributed by atoms with E-state index >= 15 is 0 Å². The van der Waals surface area contributed by atoms with Crippen LogP contribution in [0, 0.1) is 0 Å². The van der Waals surface area contributed by atoms with Gasteiger partial charge in [-0.25, -0.2) is 4.79 Å². The summed E-state index contributed by atoms with van der Waals surface area (Å²) >= 11 is 0. The lowest BCUT2D eigenvalue weighted by Crippen LogP contribution is -2.44. The largest absolute Gasteiger partial charge is 0.444 e. The first-order valence-corrected chi connectivity index (χ1v) is 10.1. The van der Waals surface area contributed by atoms with Crippen LogP contribution in [-0.2, 0) is 4.74 Å². The number of carbonyl (C=O) groups excluding carboxylic acids is 1. The molecule has 0 radical (unpaired) electrons. The van der Waals surface area contributed by atoms with Gasteiger partial charge in [-0.3, -0.25) is 4.99 Å². The Labute approximate surface area is 158 Å². The van der Waals surface area contributed by atoms with Crippen LogP contribution in [0.15, 0.2) is 4.99 Å². The Morgan fingerprint density at radius 3 is 2.62 bits per heavy atom. The minimum atomic E-state index is -0.464. The molecule has 1 atom stereocenters. The zero-order valence-corrected chi connectivity index (χ0v) is 17.0. The molecular formula is C19H37N5O2. The van der Waals surface area contributed by atoms with E-state index < -0.39 is 5.60 Å². The van der Waals surface area contributed by atoms with E-state index in [9.17, 15) is 4.79 Å². The summed E-state index contributed by atoms with van der Waals surface area (Å²) in [6.45, 7) is 14.7. The van der Waals surface area contributed by atoms with Crippen LogP contribution in [-0.4, -0.2) is 79.3 Å². The molecule has 2 fully saturated rings. The van der Waals surface area contributed by atoms with E-state index in [2.05, 4.69) is 27.4 Å².